The van der Waals surface area contributed by atoms with E-state index in [0.29, 0.717) is 16.3 Å². The molecule has 0 aliphatic carbocycles. The molecule has 2 N–H and O–H groups in total. The summed E-state index contributed by atoms with van der Waals surface area (Å²) in [4.78, 5) is 17.0. The Labute approximate surface area is 121 Å². The van der Waals surface area contributed by atoms with Crippen LogP contribution in [-0.2, 0) is 0 Å². The molecular weight excluding hydrogens is 280 g/mol. The van der Waals surface area contributed by atoms with E-state index >= 15 is 0 Å². The van der Waals surface area contributed by atoms with Gasteiger partial charge in [-0.3, -0.25) is 4.79 Å². The molecule has 0 saturated carbocycles. The zero-order chi connectivity index (χ0) is 13.8. The molecule has 0 fully saturated rings. The highest BCUT2D eigenvalue weighted by Gasteiger charge is 2.14. The van der Waals surface area contributed by atoms with Crippen molar-refractivity contribution in [2.24, 2.45) is 0 Å². The van der Waals surface area contributed by atoms with Crippen LogP contribution in [0, 0.1) is 6.92 Å². The Hall–Kier alpha value is -1.52. The predicted octanol–water partition coefficient (Wildman–Crippen LogP) is 3.60. The number of aryl methyl sites for hydroxylation is 1. The Morgan fingerprint density at radius 2 is 2.11 bits per heavy atom. The molecule has 0 radical (unpaired) electrons. The van der Waals surface area contributed by atoms with E-state index in [4.69, 9.17) is 17.3 Å². The van der Waals surface area contributed by atoms with Gasteiger partial charge in [0.25, 0.3) is 0 Å². The number of pyridine rings is 1. The molecule has 0 unspecified atom stereocenters. The molecule has 0 bridgehead atoms. The summed E-state index contributed by atoms with van der Waals surface area (Å²) in [7, 11) is 0. The minimum absolute atomic E-state index is 0.0342. The molecule has 1 heterocycles. The maximum absolute atomic E-state index is 12.2. The Kier molecular flexibility index (Phi) is 4.45. The van der Waals surface area contributed by atoms with E-state index in [-0.39, 0.29) is 11.6 Å². The molecule has 3 nitrogen and oxygen atoms in total. The highest BCUT2D eigenvalue weighted by molar-refractivity contribution is 8.00. The second kappa shape index (κ2) is 6.08. The van der Waals surface area contributed by atoms with Gasteiger partial charge in [0.15, 0.2) is 5.78 Å². The first-order chi connectivity index (χ1) is 9.09. The summed E-state index contributed by atoms with van der Waals surface area (Å²) >= 11 is 7.45. The van der Waals surface area contributed by atoms with Crippen LogP contribution in [0.1, 0.15) is 15.9 Å². The molecule has 98 valence electrons. The van der Waals surface area contributed by atoms with Gasteiger partial charge in [-0.05, 0) is 30.7 Å². The third kappa shape index (κ3) is 3.28. The van der Waals surface area contributed by atoms with Gasteiger partial charge >= 0.3 is 0 Å². The Morgan fingerprint density at radius 3 is 2.79 bits per heavy atom. The molecular formula is C14H13ClN2OS. The molecule has 5 heteroatoms. The Balaban J connectivity index is 2.13. The number of carbonyl (C=O) groups excluding carboxylic acids is 1. The minimum atomic E-state index is -0.0342. The number of ketones is 1. The van der Waals surface area contributed by atoms with Crippen LogP contribution in [0.25, 0.3) is 0 Å². The quantitative estimate of drug-likeness (QED) is 0.691. The van der Waals surface area contributed by atoms with Gasteiger partial charge in [0.1, 0.15) is 5.82 Å². The lowest BCUT2D eigenvalue weighted by Gasteiger charge is -2.07. The van der Waals surface area contributed by atoms with Crippen molar-refractivity contribution >= 4 is 35.0 Å². The SMILES string of the molecule is Cc1ccnc(N)c1C(=O)CSc1ccccc1Cl. The fraction of sp³-hybridized carbons (Fsp3) is 0.143. The number of rotatable bonds is 4. The van der Waals surface area contributed by atoms with E-state index in [1.54, 1.807) is 18.3 Å². The third-order valence-corrected chi connectivity index (χ3v) is 4.18. The van der Waals surface area contributed by atoms with Crippen LogP contribution in [0.2, 0.25) is 5.02 Å². The summed E-state index contributed by atoms with van der Waals surface area (Å²) in [5, 5.41) is 0.649. The number of nitrogens with zero attached hydrogens (tertiary/aromatic N) is 1. The van der Waals surface area contributed by atoms with Crippen molar-refractivity contribution in [3.63, 3.8) is 0 Å². The second-order valence-corrected chi connectivity index (χ2v) is 5.45. The van der Waals surface area contributed by atoms with Gasteiger partial charge in [-0.15, -0.1) is 11.8 Å². The van der Waals surface area contributed by atoms with Crippen molar-refractivity contribution in [3.05, 3.63) is 52.7 Å². The van der Waals surface area contributed by atoms with Crippen molar-refractivity contribution in [3.8, 4) is 0 Å². The minimum Gasteiger partial charge on any atom is -0.383 e. The van der Waals surface area contributed by atoms with Crippen molar-refractivity contribution in [2.75, 3.05) is 11.5 Å². The molecule has 1 aromatic carbocycles. The van der Waals surface area contributed by atoms with E-state index in [1.165, 1.54) is 11.8 Å². The standard InChI is InChI=1S/C14H13ClN2OS/c1-9-6-7-17-14(16)13(9)11(18)8-19-12-5-3-2-4-10(12)15/h2-7H,8H2,1H3,(H2,16,17). The number of hydrogen-bond acceptors (Lipinski definition) is 4. The molecule has 2 aromatic rings. The number of Topliss-reactive ketones (excluding diaryl/α,β-unsaturated/α-hetero) is 1. The topological polar surface area (TPSA) is 56.0 Å². The van der Waals surface area contributed by atoms with Crippen LogP contribution in [0.5, 0.6) is 0 Å². The summed E-state index contributed by atoms with van der Waals surface area (Å²) < 4.78 is 0. The van der Waals surface area contributed by atoms with Crippen LogP contribution in [0.3, 0.4) is 0 Å². The van der Waals surface area contributed by atoms with Gasteiger partial charge in [0, 0.05) is 11.1 Å². The normalized spacial score (nSPS) is 10.4. The van der Waals surface area contributed by atoms with Crippen LogP contribution < -0.4 is 5.73 Å². The van der Waals surface area contributed by atoms with Gasteiger partial charge in [0.2, 0.25) is 0 Å². The zero-order valence-electron chi connectivity index (χ0n) is 10.4. The summed E-state index contributed by atoms with van der Waals surface area (Å²) in [5.41, 5.74) is 7.10. The zero-order valence-corrected chi connectivity index (χ0v) is 12.0. The molecule has 0 spiro atoms. The molecule has 19 heavy (non-hydrogen) atoms. The average Bonchev–Trinajstić information content (AvgIpc) is 2.37. The number of anilines is 1. The number of carbonyl (C=O) groups is 1. The highest BCUT2D eigenvalue weighted by atomic mass is 35.5. The Morgan fingerprint density at radius 1 is 1.37 bits per heavy atom. The van der Waals surface area contributed by atoms with E-state index in [9.17, 15) is 4.79 Å². The number of aromatic nitrogens is 1. The smallest absolute Gasteiger partial charge is 0.177 e. The summed E-state index contributed by atoms with van der Waals surface area (Å²) in [6, 6.07) is 9.22. The van der Waals surface area contributed by atoms with Crippen molar-refractivity contribution in [1.29, 1.82) is 0 Å². The number of nitrogen functional groups attached to an aromatic ring is 1. The molecule has 0 aliphatic heterocycles. The van der Waals surface area contributed by atoms with E-state index in [0.717, 1.165) is 10.5 Å². The van der Waals surface area contributed by atoms with E-state index < -0.39 is 0 Å². The fourth-order valence-electron chi connectivity index (χ4n) is 1.72. The first-order valence-electron chi connectivity index (χ1n) is 5.71. The number of nitrogens with two attached hydrogens (primary N) is 1. The summed E-state index contributed by atoms with van der Waals surface area (Å²) in [6.45, 7) is 1.85. The largest absolute Gasteiger partial charge is 0.383 e. The van der Waals surface area contributed by atoms with Crippen LogP contribution in [-0.4, -0.2) is 16.5 Å². The van der Waals surface area contributed by atoms with Crippen molar-refractivity contribution in [1.82, 2.24) is 4.98 Å². The number of thioether (sulfide) groups is 1. The van der Waals surface area contributed by atoms with Crippen molar-refractivity contribution in [2.45, 2.75) is 11.8 Å². The summed E-state index contributed by atoms with van der Waals surface area (Å²) in [6.07, 6.45) is 1.60. The molecule has 0 amide bonds. The second-order valence-electron chi connectivity index (χ2n) is 4.03. The first kappa shape index (κ1) is 13.9. The van der Waals surface area contributed by atoms with Gasteiger partial charge in [-0.25, -0.2) is 4.98 Å². The molecule has 1 aromatic heterocycles. The third-order valence-electron chi connectivity index (χ3n) is 2.66. The van der Waals surface area contributed by atoms with Gasteiger partial charge < -0.3 is 5.73 Å². The van der Waals surface area contributed by atoms with Gasteiger partial charge in [0.05, 0.1) is 16.3 Å². The number of benzene rings is 1. The lowest BCUT2D eigenvalue weighted by molar-refractivity contribution is 0.102. The van der Waals surface area contributed by atoms with Crippen molar-refractivity contribution < 1.29 is 4.79 Å². The predicted molar refractivity (Wildman–Crippen MR) is 79.9 cm³/mol. The summed E-state index contributed by atoms with van der Waals surface area (Å²) in [5.74, 6) is 0.540. The lowest BCUT2D eigenvalue weighted by atomic mass is 10.1. The molecule has 0 atom stereocenters. The molecule has 2 rings (SSSR count). The van der Waals surface area contributed by atoms with E-state index in [1.807, 2.05) is 25.1 Å². The number of hydrogen-bond donors (Lipinski definition) is 1. The molecule has 0 saturated heterocycles. The van der Waals surface area contributed by atoms with Gasteiger partial charge in [-0.2, -0.15) is 0 Å². The average molecular weight is 293 g/mol. The number of halogens is 1. The monoisotopic (exact) mass is 292 g/mol. The maximum atomic E-state index is 12.2. The first-order valence-corrected chi connectivity index (χ1v) is 7.07. The van der Waals surface area contributed by atoms with Gasteiger partial charge in [-0.1, -0.05) is 23.7 Å². The highest BCUT2D eigenvalue weighted by Crippen LogP contribution is 2.28. The van der Waals surface area contributed by atoms with E-state index in [2.05, 4.69) is 4.98 Å². The van der Waals surface area contributed by atoms with Crippen LogP contribution in [0.4, 0.5) is 5.82 Å². The van der Waals surface area contributed by atoms with Crippen LogP contribution in [0.15, 0.2) is 41.4 Å². The lowest BCUT2D eigenvalue weighted by Crippen LogP contribution is -2.10. The van der Waals surface area contributed by atoms with Crippen LogP contribution >= 0.6 is 23.4 Å². The fourth-order valence-corrected chi connectivity index (χ4v) is 2.83. The molecule has 0 aliphatic rings. The maximum Gasteiger partial charge on any atom is 0.177 e. The Bertz CT molecular complexity index is 596.